The molecule has 2 fully saturated rings. The van der Waals surface area contributed by atoms with Crippen molar-refractivity contribution in [3.8, 4) is 5.75 Å². The van der Waals surface area contributed by atoms with Crippen LogP contribution >= 0.6 is 0 Å². The van der Waals surface area contributed by atoms with Crippen LogP contribution in [0.5, 0.6) is 5.75 Å². The minimum Gasteiger partial charge on any atom is -0.497 e. The Morgan fingerprint density at radius 2 is 1.74 bits per heavy atom. The van der Waals surface area contributed by atoms with Gasteiger partial charge in [-0.25, -0.2) is 0 Å². The van der Waals surface area contributed by atoms with Crippen LogP contribution in [0.3, 0.4) is 0 Å². The average Bonchev–Trinajstić information content (AvgIpc) is 2.82. The van der Waals surface area contributed by atoms with E-state index in [1.54, 1.807) is 7.11 Å². The molecule has 1 aromatic carbocycles. The molecular formula is C24H41N5O2. The number of likely N-dealkylation sites (tertiary alicyclic amines) is 1. The molecule has 2 heterocycles. The lowest BCUT2D eigenvalue weighted by atomic mass is 9.98. The van der Waals surface area contributed by atoms with Crippen molar-refractivity contribution in [2.45, 2.75) is 44.7 Å². The summed E-state index contributed by atoms with van der Waals surface area (Å²) in [6.45, 7) is 12.1. The topological polar surface area (TPSA) is 61.4 Å². The average molecular weight is 432 g/mol. The molecule has 2 saturated heterocycles. The number of piperidine rings is 1. The van der Waals surface area contributed by atoms with Gasteiger partial charge in [-0.05, 0) is 57.5 Å². The number of aliphatic imine (C=N–C) groups is 1. The highest BCUT2D eigenvalue weighted by molar-refractivity contribution is 5.79. The van der Waals surface area contributed by atoms with Gasteiger partial charge in [-0.15, -0.1) is 0 Å². The minimum atomic E-state index is 0.109. The predicted octanol–water partition coefficient (Wildman–Crippen LogP) is 2.50. The van der Waals surface area contributed by atoms with Gasteiger partial charge in [0.1, 0.15) is 5.75 Å². The van der Waals surface area contributed by atoms with E-state index in [9.17, 15) is 0 Å². The molecule has 0 saturated carbocycles. The number of benzene rings is 1. The molecule has 1 unspecified atom stereocenters. The number of methoxy groups -OCH3 is 1. The van der Waals surface area contributed by atoms with E-state index in [2.05, 4.69) is 51.4 Å². The van der Waals surface area contributed by atoms with Crippen LogP contribution in [0, 0.1) is 0 Å². The third kappa shape index (κ3) is 6.82. The maximum absolute atomic E-state index is 5.58. The van der Waals surface area contributed by atoms with Crippen LogP contribution in [0.1, 0.15) is 44.7 Å². The highest BCUT2D eigenvalue weighted by Gasteiger charge is 2.28. The molecule has 0 aromatic heterocycles. The van der Waals surface area contributed by atoms with Crippen LogP contribution in [0.25, 0.3) is 0 Å². The summed E-state index contributed by atoms with van der Waals surface area (Å²) < 4.78 is 10.9. The number of nitrogens with zero attached hydrogens (tertiary/aromatic N) is 3. The highest BCUT2D eigenvalue weighted by atomic mass is 16.5. The minimum absolute atomic E-state index is 0.109. The second-order valence-corrected chi connectivity index (χ2v) is 9.10. The van der Waals surface area contributed by atoms with Gasteiger partial charge < -0.3 is 20.1 Å². The van der Waals surface area contributed by atoms with Crippen molar-refractivity contribution in [1.82, 2.24) is 20.4 Å². The van der Waals surface area contributed by atoms with Gasteiger partial charge in [0.2, 0.25) is 0 Å². The number of rotatable bonds is 8. The molecule has 0 amide bonds. The monoisotopic (exact) mass is 431 g/mol. The molecule has 174 valence electrons. The molecule has 0 bridgehead atoms. The Hall–Kier alpha value is -1.83. The summed E-state index contributed by atoms with van der Waals surface area (Å²) in [4.78, 5) is 9.58. The predicted molar refractivity (Wildman–Crippen MR) is 127 cm³/mol. The molecule has 0 radical (unpaired) electrons. The quantitative estimate of drug-likeness (QED) is 0.487. The van der Waals surface area contributed by atoms with Crippen LogP contribution in [0.2, 0.25) is 0 Å². The van der Waals surface area contributed by atoms with Crippen LogP contribution in [-0.2, 0) is 4.74 Å². The second kappa shape index (κ2) is 11.7. The van der Waals surface area contributed by atoms with E-state index < -0.39 is 0 Å². The fraction of sp³-hybridized carbons (Fsp3) is 0.708. The number of hydrogen-bond acceptors (Lipinski definition) is 5. The number of hydrogen-bond donors (Lipinski definition) is 2. The summed E-state index contributed by atoms with van der Waals surface area (Å²) in [6.07, 6.45) is 3.97. The first kappa shape index (κ1) is 23.8. The first-order valence-corrected chi connectivity index (χ1v) is 11.7. The zero-order valence-corrected chi connectivity index (χ0v) is 19.8. The summed E-state index contributed by atoms with van der Waals surface area (Å²) in [5.41, 5.74) is 1.39. The van der Waals surface area contributed by atoms with Gasteiger partial charge in [-0.3, -0.25) is 14.8 Å². The standard InChI is InChI=1S/C24H41N5O2/c1-24(2,29-12-6-5-7-13-29)19-27-23(25-3)26-18-22(28-14-16-31-17-15-28)20-8-10-21(30-4)11-9-20/h8-11,22H,5-7,12-19H2,1-4H3,(H2,25,26,27). The van der Waals surface area contributed by atoms with Crippen molar-refractivity contribution in [1.29, 1.82) is 0 Å². The van der Waals surface area contributed by atoms with Crippen LogP contribution < -0.4 is 15.4 Å². The van der Waals surface area contributed by atoms with E-state index in [4.69, 9.17) is 9.47 Å². The van der Waals surface area contributed by atoms with E-state index in [-0.39, 0.29) is 11.6 Å². The Balaban J connectivity index is 1.60. The first-order chi connectivity index (χ1) is 15.0. The maximum Gasteiger partial charge on any atom is 0.191 e. The lowest BCUT2D eigenvalue weighted by Gasteiger charge is -2.41. The van der Waals surface area contributed by atoms with E-state index in [1.165, 1.54) is 37.9 Å². The second-order valence-electron chi connectivity index (χ2n) is 9.10. The zero-order chi connectivity index (χ0) is 22.1. The smallest absolute Gasteiger partial charge is 0.191 e. The Bertz CT molecular complexity index is 680. The molecule has 0 spiro atoms. The fourth-order valence-corrected chi connectivity index (χ4v) is 4.50. The van der Waals surface area contributed by atoms with E-state index in [0.717, 1.165) is 51.1 Å². The van der Waals surface area contributed by atoms with Crippen molar-refractivity contribution in [3.05, 3.63) is 29.8 Å². The third-order valence-electron chi connectivity index (χ3n) is 6.57. The van der Waals surface area contributed by atoms with Gasteiger partial charge in [0.25, 0.3) is 0 Å². The molecule has 2 aliphatic heterocycles. The van der Waals surface area contributed by atoms with Crippen molar-refractivity contribution in [2.75, 3.05) is 66.6 Å². The van der Waals surface area contributed by atoms with Crippen LogP contribution in [0.4, 0.5) is 0 Å². The third-order valence-corrected chi connectivity index (χ3v) is 6.57. The molecule has 2 aliphatic rings. The van der Waals surface area contributed by atoms with Crippen molar-refractivity contribution in [2.24, 2.45) is 4.99 Å². The zero-order valence-electron chi connectivity index (χ0n) is 19.8. The van der Waals surface area contributed by atoms with Gasteiger partial charge in [-0.2, -0.15) is 0 Å². The van der Waals surface area contributed by atoms with Crippen molar-refractivity contribution >= 4 is 5.96 Å². The SMILES string of the molecule is CN=C(NCC(c1ccc(OC)cc1)N1CCOCC1)NCC(C)(C)N1CCCCC1. The molecule has 1 aromatic rings. The summed E-state index contributed by atoms with van der Waals surface area (Å²) in [5, 5.41) is 7.15. The Morgan fingerprint density at radius 1 is 1.06 bits per heavy atom. The van der Waals surface area contributed by atoms with Gasteiger partial charge in [0.15, 0.2) is 5.96 Å². The Kier molecular flexibility index (Phi) is 8.99. The summed E-state index contributed by atoms with van der Waals surface area (Å²) in [5.74, 6) is 1.74. The van der Waals surface area contributed by atoms with Gasteiger partial charge >= 0.3 is 0 Å². The van der Waals surface area contributed by atoms with Gasteiger partial charge in [0, 0.05) is 38.8 Å². The van der Waals surface area contributed by atoms with E-state index in [0.29, 0.717) is 0 Å². The maximum atomic E-state index is 5.58. The van der Waals surface area contributed by atoms with Crippen molar-refractivity contribution < 1.29 is 9.47 Å². The van der Waals surface area contributed by atoms with Gasteiger partial charge in [-0.1, -0.05) is 18.6 Å². The number of morpholine rings is 1. The molecule has 0 aliphatic carbocycles. The Morgan fingerprint density at radius 3 is 2.35 bits per heavy atom. The van der Waals surface area contributed by atoms with Crippen LogP contribution in [0.15, 0.2) is 29.3 Å². The molecule has 2 N–H and O–H groups in total. The largest absolute Gasteiger partial charge is 0.497 e. The number of guanidine groups is 1. The van der Waals surface area contributed by atoms with Gasteiger partial charge in [0.05, 0.1) is 26.4 Å². The van der Waals surface area contributed by atoms with E-state index >= 15 is 0 Å². The summed E-state index contributed by atoms with van der Waals surface area (Å²) in [7, 11) is 3.55. The summed E-state index contributed by atoms with van der Waals surface area (Å²) >= 11 is 0. The lowest BCUT2D eigenvalue weighted by molar-refractivity contribution is 0.0169. The lowest BCUT2D eigenvalue weighted by Crippen LogP contribution is -2.55. The highest BCUT2D eigenvalue weighted by Crippen LogP contribution is 2.24. The fourth-order valence-electron chi connectivity index (χ4n) is 4.50. The molecule has 7 nitrogen and oxygen atoms in total. The molecule has 1 atom stereocenters. The molecular weight excluding hydrogens is 390 g/mol. The van der Waals surface area contributed by atoms with Crippen LogP contribution in [-0.4, -0.2) is 87.9 Å². The molecule has 31 heavy (non-hydrogen) atoms. The van der Waals surface area contributed by atoms with E-state index in [1.807, 2.05) is 19.2 Å². The summed E-state index contributed by atoms with van der Waals surface area (Å²) in [6, 6.07) is 8.66. The molecule has 7 heteroatoms. The number of ether oxygens (including phenoxy) is 2. The van der Waals surface area contributed by atoms with Crippen molar-refractivity contribution in [3.63, 3.8) is 0 Å². The Labute approximate surface area is 188 Å². The molecule has 3 rings (SSSR count). The number of nitrogens with one attached hydrogen (secondary N) is 2. The normalized spacial score (nSPS) is 20.3. The first-order valence-electron chi connectivity index (χ1n) is 11.7.